The van der Waals surface area contributed by atoms with Crippen LogP contribution in [0.25, 0.3) is 0 Å². The number of carbonyl (C=O) groups excluding carboxylic acids is 2. The summed E-state index contributed by atoms with van der Waals surface area (Å²) in [7, 11) is 0. The molecule has 0 bridgehead atoms. The summed E-state index contributed by atoms with van der Waals surface area (Å²) in [6.45, 7) is 1.07. The molecule has 0 radical (unpaired) electrons. The van der Waals surface area contributed by atoms with Crippen LogP contribution in [0.3, 0.4) is 0 Å². The molecule has 0 aromatic carbocycles. The minimum absolute atomic E-state index is 0.0849. The highest BCUT2D eigenvalue weighted by Crippen LogP contribution is 2.31. The van der Waals surface area contributed by atoms with E-state index in [1.165, 1.54) is 16.2 Å². The van der Waals surface area contributed by atoms with E-state index in [1.807, 2.05) is 0 Å². The monoisotopic (exact) mass is 281 g/mol. The van der Waals surface area contributed by atoms with Crippen molar-refractivity contribution in [3.63, 3.8) is 0 Å². The molecule has 1 saturated heterocycles. The van der Waals surface area contributed by atoms with Crippen LogP contribution in [0.5, 0.6) is 0 Å². The fraction of sp³-hybridized carbons (Fsp3) is 0.545. The minimum Gasteiger partial charge on any atom is -0.382 e. The number of anilines is 2. The van der Waals surface area contributed by atoms with E-state index in [0.717, 1.165) is 12.8 Å². The number of nitrogen functional groups attached to an aromatic ring is 1. The second kappa shape index (κ2) is 4.69. The molecule has 0 spiro atoms. The summed E-state index contributed by atoms with van der Waals surface area (Å²) in [6.07, 6.45) is 2.27. The Bertz CT molecular complexity index is 525. The highest BCUT2D eigenvalue weighted by molar-refractivity contribution is 7.18. The van der Waals surface area contributed by atoms with Gasteiger partial charge in [-0.25, -0.2) is 4.98 Å². The van der Waals surface area contributed by atoms with Gasteiger partial charge >= 0.3 is 0 Å². The van der Waals surface area contributed by atoms with Gasteiger partial charge in [-0.05, 0) is 12.8 Å². The van der Waals surface area contributed by atoms with Crippen LogP contribution in [-0.2, 0) is 4.79 Å². The van der Waals surface area contributed by atoms with Gasteiger partial charge in [-0.2, -0.15) is 0 Å². The molecule has 0 atom stereocenters. The number of thiazole rings is 1. The number of aromatic nitrogens is 1. The maximum Gasteiger partial charge on any atom is 0.268 e. The van der Waals surface area contributed by atoms with Crippen molar-refractivity contribution in [1.29, 1.82) is 0 Å². The van der Waals surface area contributed by atoms with Gasteiger partial charge in [-0.1, -0.05) is 11.3 Å². The number of carbonyl (C=O) groups is 2. The minimum atomic E-state index is -0.214. The van der Waals surface area contributed by atoms with Crippen LogP contribution in [0.1, 0.15) is 22.5 Å². The Balaban J connectivity index is 1.74. The molecule has 1 aromatic rings. The van der Waals surface area contributed by atoms with Crippen molar-refractivity contribution in [2.75, 3.05) is 30.7 Å². The van der Waals surface area contributed by atoms with Crippen LogP contribution in [0.4, 0.5) is 10.9 Å². The lowest BCUT2D eigenvalue weighted by Gasteiger charge is -2.26. The summed E-state index contributed by atoms with van der Waals surface area (Å²) >= 11 is 1.26. The van der Waals surface area contributed by atoms with Crippen LogP contribution in [0, 0.1) is 0 Å². The lowest BCUT2D eigenvalue weighted by Crippen LogP contribution is -2.49. The fourth-order valence-electron chi connectivity index (χ4n) is 1.90. The van der Waals surface area contributed by atoms with E-state index >= 15 is 0 Å². The number of rotatable bonds is 3. The van der Waals surface area contributed by atoms with E-state index in [0.29, 0.717) is 29.1 Å². The first-order valence-electron chi connectivity index (χ1n) is 6.22. The Hall–Kier alpha value is -1.83. The zero-order chi connectivity index (χ0) is 13.4. The Morgan fingerprint density at radius 3 is 3.00 bits per heavy atom. The molecule has 102 valence electrons. The summed E-state index contributed by atoms with van der Waals surface area (Å²) < 4.78 is 0. The number of nitrogens with one attached hydrogen (secondary N) is 2. The van der Waals surface area contributed by atoms with Crippen molar-refractivity contribution in [2.45, 2.75) is 18.9 Å². The van der Waals surface area contributed by atoms with Crippen molar-refractivity contribution in [2.24, 2.45) is 0 Å². The fourth-order valence-corrected chi connectivity index (χ4v) is 2.83. The third-order valence-electron chi connectivity index (χ3n) is 3.08. The first-order chi connectivity index (χ1) is 9.13. The van der Waals surface area contributed by atoms with E-state index in [9.17, 15) is 9.59 Å². The molecule has 1 saturated carbocycles. The molecule has 2 heterocycles. The van der Waals surface area contributed by atoms with E-state index in [2.05, 4.69) is 15.6 Å². The van der Waals surface area contributed by atoms with Crippen LogP contribution in [0.2, 0.25) is 0 Å². The highest BCUT2D eigenvalue weighted by Gasteiger charge is 2.28. The molecule has 2 aliphatic rings. The van der Waals surface area contributed by atoms with Crippen molar-refractivity contribution >= 4 is 34.1 Å². The normalized spacial score (nSPS) is 19.2. The van der Waals surface area contributed by atoms with Gasteiger partial charge in [0, 0.05) is 19.1 Å². The summed E-state index contributed by atoms with van der Waals surface area (Å²) in [6, 6.07) is 0.467. The quantitative estimate of drug-likeness (QED) is 0.716. The molecule has 1 aliphatic carbocycles. The zero-order valence-corrected chi connectivity index (χ0v) is 11.1. The van der Waals surface area contributed by atoms with Gasteiger partial charge in [0.1, 0.15) is 10.7 Å². The van der Waals surface area contributed by atoms with Gasteiger partial charge in [0.2, 0.25) is 5.91 Å². The second-order valence-electron chi connectivity index (χ2n) is 4.73. The molecule has 4 N–H and O–H groups in total. The van der Waals surface area contributed by atoms with Crippen LogP contribution in [0.15, 0.2) is 0 Å². The average Bonchev–Trinajstić information content (AvgIpc) is 3.11. The van der Waals surface area contributed by atoms with Gasteiger partial charge in [0.15, 0.2) is 5.13 Å². The smallest absolute Gasteiger partial charge is 0.268 e. The second-order valence-corrected chi connectivity index (χ2v) is 5.73. The number of nitrogens with zero attached hydrogens (tertiary/aromatic N) is 2. The van der Waals surface area contributed by atoms with E-state index in [1.54, 1.807) is 0 Å². The topological polar surface area (TPSA) is 100 Å². The van der Waals surface area contributed by atoms with Gasteiger partial charge in [-0.3, -0.25) is 9.59 Å². The molecule has 1 aromatic heterocycles. The van der Waals surface area contributed by atoms with Crippen molar-refractivity contribution in [1.82, 2.24) is 15.2 Å². The molecule has 7 nitrogen and oxygen atoms in total. The number of hydrogen-bond donors (Lipinski definition) is 3. The summed E-state index contributed by atoms with van der Waals surface area (Å²) in [5.41, 5.74) is 5.79. The molecular formula is C11H15N5O2S. The number of nitrogens with two attached hydrogens (primary N) is 1. The third kappa shape index (κ3) is 2.62. The Kier molecular flexibility index (Phi) is 3.02. The predicted molar refractivity (Wildman–Crippen MR) is 72.1 cm³/mol. The summed E-state index contributed by atoms with van der Waals surface area (Å²) in [4.78, 5) is 29.7. The van der Waals surface area contributed by atoms with Gasteiger partial charge in [-0.15, -0.1) is 0 Å². The van der Waals surface area contributed by atoms with Gasteiger partial charge < -0.3 is 21.3 Å². The van der Waals surface area contributed by atoms with Gasteiger partial charge in [0.05, 0.1) is 6.54 Å². The summed E-state index contributed by atoms with van der Waals surface area (Å²) in [5, 5.41) is 6.59. The molecule has 0 unspecified atom stereocenters. The molecular weight excluding hydrogens is 266 g/mol. The molecule has 3 rings (SSSR count). The molecule has 2 fully saturated rings. The van der Waals surface area contributed by atoms with Crippen molar-refractivity contribution in [3.8, 4) is 0 Å². The molecule has 1 aliphatic heterocycles. The van der Waals surface area contributed by atoms with E-state index < -0.39 is 0 Å². The van der Waals surface area contributed by atoms with E-state index in [-0.39, 0.29) is 24.2 Å². The molecule has 2 amide bonds. The Morgan fingerprint density at radius 2 is 2.32 bits per heavy atom. The van der Waals surface area contributed by atoms with Crippen LogP contribution in [-0.4, -0.2) is 47.4 Å². The Morgan fingerprint density at radius 1 is 1.53 bits per heavy atom. The predicted octanol–water partition coefficient (Wildman–Crippen LogP) is -0.128. The number of hydrogen-bond acceptors (Lipinski definition) is 6. The average molecular weight is 281 g/mol. The lowest BCUT2D eigenvalue weighted by atomic mass is 10.3. The maximum absolute atomic E-state index is 12.3. The number of amides is 2. The van der Waals surface area contributed by atoms with Crippen LogP contribution >= 0.6 is 11.3 Å². The molecule has 19 heavy (non-hydrogen) atoms. The lowest BCUT2D eigenvalue weighted by molar-refractivity contribution is -0.123. The zero-order valence-electron chi connectivity index (χ0n) is 10.3. The molecule has 8 heteroatoms. The largest absolute Gasteiger partial charge is 0.382 e. The van der Waals surface area contributed by atoms with Crippen LogP contribution < -0.4 is 16.4 Å². The first kappa shape index (κ1) is 12.2. The Labute approximate surface area is 114 Å². The van der Waals surface area contributed by atoms with Gasteiger partial charge in [0.25, 0.3) is 5.91 Å². The number of piperazine rings is 1. The standard InChI is InChI=1S/C11H15N5O2S/c12-9-8(19-11(15-9)14-6-1-2-6)10(18)16-4-3-13-7(17)5-16/h6H,1-5,12H2,(H,13,17)(H,14,15). The summed E-state index contributed by atoms with van der Waals surface area (Å²) in [5.74, 6) is -0.114. The highest BCUT2D eigenvalue weighted by atomic mass is 32.1. The third-order valence-corrected chi connectivity index (χ3v) is 4.07. The first-order valence-corrected chi connectivity index (χ1v) is 7.04. The van der Waals surface area contributed by atoms with E-state index in [4.69, 9.17) is 5.73 Å². The van der Waals surface area contributed by atoms with Crippen molar-refractivity contribution in [3.05, 3.63) is 4.88 Å². The van der Waals surface area contributed by atoms with Crippen molar-refractivity contribution < 1.29 is 9.59 Å². The maximum atomic E-state index is 12.3. The SMILES string of the molecule is Nc1nc(NC2CC2)sc1C(=O)N1CCNC(=O)C1.